The number of furan rings is 1. The minimum absolute atomic E-state index is 0.142. The lowest BCUT2D eigenvalue weighted by molar-refractivity contribution is 0.243. The smallest absolute Gasteiger partial charge is 0.123 e. The maximum Gasteiger partial charge on any atom is 0.123 e. The van der Waals surface area contributed by atoms with Crippen molar-refractivity contribution in [3.05, 3.63) is 59.3 Å². The van der Waals surface area contributed by atoms with E-state index in [9.17, 15) is 4.39 Å². The molecule has 1 heterocycles. The van der Waals surface area contributed by atoms with Crippen molar-refractivity contribution in [2.45, 2.75) is 24.9 Å². The lowest BCUT2D eigenvalue weighted by Crippen LogP contribution is -2.32. The molecule has 0 radical (unpaired) electrons. The van der Waals surface area contributed by atoms with Crippen LogP contribution in [-0.4, -0.2) is 25.5 Å². The zero-order chi connectivity index (χ0) is 14.8. The third kappa shape index (κ3) is 3.01. The molecule has 1 aromatic heterocycles. The minimum atomic E-state index is -0.142. The average Bonchev–Trinajstić information content (AvgIpc) is 3.08. The SMILES string of the molecule is CN(C)C(CNC1CCc2cc(F)ccc21)c1ccco1. The molecule has 4 heteroatoms. The van der Waals surface area contributed by atoms with Gasteiger partial charge in [0, 0.05) is 12.6 Å². The van der Waals surface area contributed by atoms with Crippen LogP contribution in [0, 0.1) is 5.82 Å². The molecule has 2 atom stereocenters. The Morgan fingerprint density at radius 3 is 2.95 bits per heavy atom. The van der Waals surface area contributed by atoms with Gasteiger partial charge >= 0.3 is 0 Å². The normalized spacial score (nSPS) is 19.0. The Morgan fingerprint density at radius 1 is 1.38 bits per heavy atom. The summed E-state index contributed by atoms with van der Waals surface area (Å²) in [7, 11) is 4.10. The zero-order valence-electron chi connectivity index (χ0n) is 12.5. The first kappa shape index (κ1) is 14.3. The summed E-state index contributed by atoms with van der Waals surface area (Å²) in [6, 6.07) is 9.54. The van der Waals surface area contributed by atoms with Crippen molar-refractivity contribution in [3.8, 4) is 0 Å². The van der Waals surface area contributed by atoms with E-state index in [1.54, 1.807) is 18.4 Å². The number of aryl methyl sites for hydroxylation is 1. The van der Waals surface area contributed by atoms with Crippen LogP contribution in [0.25, 0.3) is 0 Å². The highest BCUT2D eigenvalue weighted by Gasteiger charge is 2.24. The maximum atomic E-state index is 13.3. The number of likely N-dealkylation sites (N-methyl/N-ethyl adjacent to an activating group) is 1. The fourth-order valence-corrected chi connectivity index (χ4v) is 3.07. The first-order valence-corrected chi connectivity index (χ1v) is 7.36. The predicted octanol–water partition coefficient (Wildman–Crippen LogP) is 3.30. The predicted molar refractivity (Wildman–Crippen MR) is 80.6 cm³/mol. The van der Waals surface area contributed by atoms with Crippen molar-refractivity contribution in [1.29, 1.82) is 0 Å². The van der Waals surface area contributed by atoms with Crippen molar-refractivity contribution >= 4 is 0 Å². The summed E-state index contributed by atoms with van der Waals surface area (Å²) >= 11 is 0. The summed E-state index contributed by atoms with van der Waals surface area (Å²) in [6.07, 6.45) is 3.68. The fraction of sp³-hybridized carbons (Fsp3) is 0.412. The van der Waals surface area contributed by atoms with Gasteiger partial charge < -0.3 is 9.73 Å². The van der Waals surface area contributed by atoms with Gasteiger partial charge in [0.25, 0.3) is 0 Å². The van der Waals surface area contributed by atoms with Crippen LogP contribution in [0.1, 0.15) is 35.4 Å². The van der Waals surface area contributed by atoms with Gasteiger partial charge in [0.05, 0.1) is 12.3 Å². The molecule has 3 rings (SSSR count). The second-order valence-electron chi connectivity index (χ2n) is 5.84. The summed E-state index contributed by atoms with van der Waals surface area (Å²) in [5, 5.41) is 3.60. The molecule has 0 bridgehead atoms. The molecule has 2 aromatic rings. The van der Waals surface area contributed by atoms with Crippen LogP contribution in [0.3, 0.4) is 0 Å². The molecule has 0 aliphatic heterocycles. The Labute approximate surface area is 124 Å². The van der Waals surface area contributed by atoms with E-state index < -0.39 is 0 Å². The van der Waals surface area contributed by atoms with E-state index in [0.717, 1.165) is 30.7 Å². The molecule has 2 unspecified atom stereocenters. The molecular formula is C17H21FN2O. The van der Waals surface area contributed by atoms with E-state index in [4.69, 9.17) is 4.42 Å². The molecule has 112 valence electrons. The fourth-order valence-electron chi connectivity index (χ4n) is 3.07. The number of nitrogens with zero attached hydrogens (tertiary/aromatic N) is 1. The zero-order valence-corrected chi connectivity index (χ0v) is 12.5. The Morgan fingerprint density at radius 2 is 2.24 bits per heavy atom. The van der Waals surface area contributed by atoms with E-state index in [1.165, 1.54) is 5.56 Å². The summed E-state index contributed by atoms with van der Waals surface area (Å²) < 4.78 is 18.8. The van der Waals surface area contributed by atoms with Gasteiger partial charge in [-0.1, -0.05) is 6.07 Å². The van der Waals surface area contributed by atoms with Crippen LogP contribution in [0.15, 0.2) is 41.0 Å². The summed E-state index contributed by atoms with van der Waals surface area (Å²) in [5.74, 6) is 0.820. The van der Waals surface area contributed by atoms with Crippen molar-refractivity contribution in [3.63, 3.8) is 0 Å². The van der Waals surface area contributed by atoms with Crippen molar-refractivity contribution in [2.75, 3.05) is 20.6 Å². The van der Waals surface area contributed by atoms with Gasteiger partial charge in [-0.15, -0.1) is 0 Å². The molecule has 0 saturated carbocycles. The molecule has 1 aromatic carbocycles. The van der Waals surface area contributed by atoms with E-state index >= 15 is 0 Å². The highest BCUT2D eigenvalue weighted by atomic mass is 19.1. The Kier molecular flexibility index (Phi) is 4.08. The second kappa shape index (κ2) is 6.00. The monoisotopic (exact) mass is 288 g/mol. The van der Waals surface area contributed by atoms with E-state index in [1.807, 2.05) is 32.3 Å². The summed E-state index contributed by atoms with van der Waals surface area (Å²) in [5.41, 5.74) is 2.36. The number of hydrogen-bond acceptors (Lipinski definition) is 3. The number of fused-ring (bicyclic) bond motifs is 1. The molecule has 1 N–H and O–H groups in total. The number of hydrogen-bond donors (Lipinski definition) is 1. The summed E-state index contributed by atoms with van der Waals surface area (Å²) in [4.78, 5) is 2.15. The van der Waals surface area contributed by atoms with Gasteiger partial charge in [-0.05, 0) is 62.3 Å². The van der Waals surface area contributed by atoms with Gasteiger partial charge in [0.2, 0.25) is 0 Å². The third-order valence-electron chi connectivity index (χ3n) is 4.24. The minimum Gasteiger partial charge on any atom is -0.468 e. The second-order valence-corrected chi connectivity index (χ2v) is 5.84. The number of rotatable bonds is 5. The van der Waals surface area contributed by atoms with Crippen LogP contribution in [0.4, 0.5) is 4.39 Å². The van der Waals surface area contributed by atoms with E-state index in [-0.39, 0.29) is 11.9 Å². The van der Waals surface area contributed by atoms with Gasteiger partial charge in [-0.3, -0.25) is 4.90 Å². The molecule has 21 heavy (non-hydrogen) atoms. The first-order valence-electron chi connectivity index (χ1n) is 7.36. The molecular weight excluding hydrogens is 267 g/mol. The molecule has 0 saturated heterocycles. The molecule has 3 nitrogen and oxygen atoms in total. The van der Waals surface area contributed by atoms with Crippen LogP contribution in [0.5, 0.6) is 0 Å². The standard InChI is InChI=1S/C17H21FN2O/c1-20(2)16(17-4-3-9-21-17)11-19-15-8-5-12-10-13(18)6-7-14(12)15/h3-4,6-7,9-10,15-16,19H,5,8,11H2,1-2H3. The van der Waals surface area contributed by atoms with Crippen LogP contribution >= 0.6 is 0 Å². The van der Waals surface area contributed by atoms with Crippen molar-refractivity contribution in [1.82, 2.24) is 10.2 Å². The number of benzene rings is 1. The Bertz CT molecular complexity index is 595. The van der Waals surface area contributed by atoms with Gasteiger partial charge in [-0.2, -0.15) is 0 Å². The quantitative estimate of drug-likeness (QED) is 0.915. The van der Waals surface area contributed by atoms with Gasteiger partial charge in [0.15, 0.2) is 0 Å². The third-order valence-corrected chi connectivity index (χ3v) is 4.24. The molecule has 0 amide bonds. The lowest BCUT2D eigenvalue weighted by atomic mass is 10.1. The summed E-state index contributed by atoms with van der Waals surface area (Å²) in [6.45, 7) is 0.808. The van der Waals surface area contributed by atoms with Gasteiger partial charge in [0.1, 0.15) is 11.6 Å². The Balaban J connectivity index is 1.68. The largest absolute Gasteiger partial charge is 0.468 e. The molecule has 0 spiro atoms. The van der Waals surface area contributed by atoms with Crippen molar-refractivity contribution in [2.24, 2.45) is 0 Å². The van der Waals surface area contributed by atoms with Gasteiger partial charge in [-0.25, -0.2) is 4.39 Å². The topological polar surface area (TPSA) is 28.4 Å². The highest BCUT2D eigenvalue weighted by molar-refractivity contribution is 5.35. The first-order chi connectivity index (χ1) is 10.1. The lowest BCUT2D eigenvalue weighted by Gasteiger charge is -2.25. The molecule has 1 aliphatic carbocycles. The van der Waals surface area contributed by atoms with Crippen LogP contribution in [-0.2, 0) is 6.42 Å². The van der Waals surface area contributed by atoms with Crippen LogP contribution < -0.4 is 5.32 Å². The Hall–Kier alpha value is -1.65. The molecule has 0 fully saturated rings. The number of nitrogens with one attached hydrogen (secondary N) is 1. The van der Waals surface area contributed by atoms with E-state index in [2.05, 4.69) is 10.2 Å². The van der Waals surface area contributed by atoms with Crippen molar-refractivity contribution < 1.29 is 8.81 Å². The van der Waals surface area contributed by atoms with E-state index in [0.29, 0.717) is 6.04 Å². The average molecular weight is 288 g/mol. The van der Waals surface area contributed by atoms with Crippen LogP contribution in [0.2, 0.25) is 0 Å². The molecule has 1 aliphatic rings. The maximum absolute atomic E-state index is 13.3. The number of halogens is 1. The highest BCUT2D eigenvalue weighted by Crippen LogP contribution is 2.32.